The molecule has 1 rings (SSSR count). The molecule has 2 N–H and O–H groups in total. The maximum atomic E-state index is 12.2. The van der Waals surface area contributed by atoms with E-state index in [2.05, 4.69) is 5.32 Å². The average molecular weight is 294 g/mol. The molecule has 0 aliphatic carbocycles. The first-order valence-electron chi connectivity index (χ1n) is 7.18. The zero-order valence-electron chi connectivity index (χ0n) is 13.3. The third-order valence-electron chi connectivity index (χ3n) is 3.10. The summed E-state index contributed by atoms with van der Waals surface area (Å²) in [6.07, 6.45) is 0. The summed E-state index contributed by atoms with van der Waals surface area (Å²) in [6, 6.07) is 7.67. The third kappa shape index (κ3) is 6.14. The number of urea groups is 1. The van der Waals surface area contributed by atoms with Gasteiger partial charge < -0.3 is 20.1 Å². The van der Waals surface area contributed by atoms with Gasteiger partial charge in [0, 0.05) is 20.2 Å². The van der Waals surface area contributed by atoms with Crippen LogP contribution in [0.5, 0.6) is 0 Å². The molecule has 1 aromatic carbocycles. The minimum atomic E-state index is -0.901. The van der Waals surface area contributed by atoms with Crippen LogP contribution in [0.1, 0.15) is 31.9 Å². The molecule has 0 heterocycles. The first kappa shape index (κ1) is 17.5. The molecular weight excluding hydrogens is 268 g/mol. The number of nitrogens with zero attached hydrogens (tertiary/aromatic N) is 1. The Bertz CT molecular complexity index is 455. The summed E-state index contributed by atoms with van der Waals surface area (Å²) in [5, 5.41) is 12.7. The highest BCUT2D eigenvalue weighted by Crippen LogP contribution is 2.10. The van der Waals surface area contributed by atoms with E-state index in [1.807, 2.05) is 31.2 Å². The lowest BCUT2D eigenvalue weighted by Gasteiger charge is -2.28. The molecule has 2 amide bonds. The number of hydrogen-bond donors (Lipinski definition) is 2. The number of rotatable bonds is 7. The number of aliphatic hydroxyl groups is 1. The Labute approximate surface area is 126 Å². The summed E-state index contributed by atoms with van der Waals surface area (Å²) < 4.78 is 5.15. The Hall–Kier alpha value is -1.59. The van der Waals surface area contributed by atoms with Crippen LogP contribution in [-0.2, 0) is 17.9 Å². The van der Waals surface area contributed by atoms with Crippen molar-refractivity contribution < 1.29 is 14.6 Å². The lowest BCUT2D eigenvalue weighted by atomic mass is 10.1. The van der Waals surface area contributed by atoms with E-state index in [4.69, 9.17) is 4.74 Å². The second-order valence-corrected chi connectivity index (χ2v) is 5.69. The van der Waals surface area contributed by atoms with Gasteiger partial charge in [0.05, 0.1) is 18.8 Å². The monoisotopic (exact) mass is 294 g/mol. The summed E-state index contributed by atoms with van der Waals surface area (Å²) in [7, 11) is 1.65. The number of hydrogen-bond acceptors (Lipinski definition) is 3. The molecule has 0 saturated heterocycles. The van der Waals surface area contributed by atoms with Gasteiger partial charge in [0.25, 0.3) is 0 Å². The molecule has 0 aliphatic rings. The van der Waals surface area contributed by atoms with E-state index in [0.717, 1.165) is 11.1 Å². The Kier molecular flexibility index (Phi) is 6.65. The molecule has 0 aliphatic heterocycles. The molecule has 0 spiro atoms. The normalized spacial score (nSPS) is 11.3. The van der Waals surface area contributed by atoms with Gasteiger partial charge in [-0.25, -0.2) is 4.79 Å². The molecule has 21 heavy (non-hydrogen) atoms. The third-order valence-corrected chi connectivity index (χ3v) is 3.10. The minimum absolute atomic E-state index is 0.174. The molecule has 0 bridgehead atoms. The van der Waals surface area contributed by atoms with E-state index in [0.29, 0.717) is 26.2 Å². The fourth-order valence-electron chi connectivity index (χ4n) is 2.10. The van der Waals surface area contributed by atoms with Crippen LogP contribution < -0.4 is 5.32 Å². The molecule has 0 aromatic heterocycles. The number of benzene rings is 1. The average Bonchev–Trinajstić information content (AvgIpc) is 2.43. The standard InChI is InChI=1S/C16H26N2O3/c1-5-18(12-16(2,3)20)15(19)17-10-13-8-6-7-9-14(13)11-21-4/h6-9,20H,5,10-12H2,1-4H3,(H,17,19). The first-order valence-corrected chi connectivity index (χ1v) is 7.18. The van der Waals surface area contributed by atoms with E-state index in [1.54, 1.807) is 25.9 Å². The quantitative estimate of drug-likeness (QED) is 0.810. The van der Waals surface area contributed by atoms with Crippen LogP contribution in [0.2, 0.25) is 0 Å². The minimum Gasteiger partial charge on any atom is -0.389 e. The van der Waals surface area contributed by atoms with Crippen molar-refractivity contribution in [1.29, 1.82) is 0 Å². The predicted octanol–water partition coefficient (Wildman–Crippen LogP) is 2.14. The van der Waals surface area contributed by atoms with Crippen LogP contribution in [0.4, 0.5) is 4.79 Å². The Morgan fingerprint density at radius 3 is 2.48 bits per heavy atom. The number of carbonyl (C=O) groups is 1. The molecule has 0 saturated carbocycles. The van der Waals surface area contributed by atoms with Crippen LogP contribution in [-0.4, -0.2) is 41.8 Å². The molecule has 0 fully saturated rings. The SMILES string of the molecule is CCN(CC(C)(C)O)C(=O)NCc1ccccc1COC. The molecule has 5 heteroatoms. The van der Waals surface area contributed by atoms with Gasteiger partial charge in [-0.05, 0) is 31.9 Å². The highest BCUT2D eigenvalue weighted by Gasteiger charge is 2.21. The van der Waals surface area contributed by atoms with E-state index >= 15 is 0 Å². The summed E-state index contributed by atoms with van der Waals surface area (Å²) in [5.74, 6) is 0. The molecule has 0 unspecified atom stereocenters. The fraction of sp³-hybridized carbons (Fsp3) is 0.562. The number of carbonyl (C=O) groups excluding carboxylic acids is 1. The van der Waals surface area contributed by atoms with Gasteiger partial charge >= 0.3 is 6.03 Å². The zero-order chi connectivity index (χ0) is 15.9. The summed E-state index contributed by atoms with van der Waals surface area (Å²) in [6.45, 7) is 7.09. The van der Waals surface area contributed by atoms with Gasteiger partial charge in [-0.15, -0.1) is 0 Å². The Balaban J connectivity index is 2.63. The van der Waals surface area contributed by atoms with E-state index in [1.165, 1.54) is 0 Å². The lowest BCUT2D eigenvalue weighted by Crippen LogP contribution is -2.46. The van der Waals surface area contributed by atoms with Crippen LogP contribution in [0.15, 0.2) is 24.3 Å². The maximum absolute atomic E-state index is 12.2. The lowest BCUT2D eigenvalue weighted by molar-refractivity contribution is 0.0479. The summed E-state index contributed by atoms with van der Waals surface area (Å²) >= 11 is 0. The molecule has 118 valence electrons. The van der Waals surface area contributed by atoms with Gasteiger partial charge in [0.15, 0.2) is 0 Å². The van der Waals surface area contributed by atoms with Crippen molar-refractivity contribution in [2.75, 3.05) is 20.2 Å². The van der Waals surface area contributed by atoms with Crippen LogP contribution in [0.3, 0.4) is 0 Å². The van der Waals surface area contributed by atoms with Crippen molar-refractivity contribution >= 4 is 6.03 Å². The van der Waals surface area contributed by atoms with Gasteiger partial charge in [0.1, 0.15) is 0 Å². The van der Waals surface area contributed by atoms with Gasteiger partial charge in [-0.3, -0.25) is 0 Å². The summed E-state index contributed by atoms with van der Waals surface area (Å²) in [5.41, 5.74) is 1.19. The van der Waals surface area contributed by atoms with Crippen molar-refractivity contribution in [1.82, 2.24) is 10.2 Å². The number of amides is 2. The zero-order valence-corrected chi connectivity index (χ0v) is 13.3. The molecular formula is C16H26N2O3. The maximum Gasteiger partial charge on any atom is 0.317 e. The van der Waals surface area contributed by atoms with E-state index in [9.17, 15) is 9.90 Å². The van der Waals surface area contributed by atoms with Gasteiger partial charge in [-0.2, -0.15) is 0 Å². The smallest absolute Gasteiger partial charge is 0.317 e. The topological polar surface area (TPSA) is 61.8 Å². The van der Waals surface area contributed by atoms with Crippen molar-refractivity contribution in [2.45, 2.75) is 39.5 Å². The predicted molar refractivity (Wildman–Crippen MR) is 82.9 cm³/mol. The highest BCUT2D eigenvalue weighted by molar-refractivity contribution is 5.74. The van der Waals surface area contributed by atoms with Crippen LogP contribution in [0.25, 0.3) is 0 Å². The largest absolute Gasteiger partial charge is 0.389 e. The van der Waals surface area contributed by atoms with Crippen molar-refractivity contribution in [3.63, 3.8) is 0 Å². The molecule has 5 nitrogen and oxygen atoms in total. The first-order chi connectivity index (χ1) is 9.87. The highest BCUT2D eigenvalue weighted by atomic mass is 16.5. The Morgan fingerprint density at radius 2 is 1.95 bits per heavy atom. The van der Waals surface area contributed by atoms with E-state index in [-0.39, 0.29) is 6.03 Å². The van der Waals surface area contributed by atoms with Crippen molar-refractivity contribution in [3.05, 3.63) is 35.4 Å². The number of ether oxygens (including phenoxy) is 1. The number of nitrogens with one attached hydrogen (secondary N) is 1. The van der Waals surface area contributed by atoms with Crippen LogP contribution >= 0.6 is 0 Å². The van der Waals surface area contributed by atoms with Crippen molar-refractivity contribution in [3.8, 4) is 0 Å². The van der Waals surface area contributed by atoms with E-state index < -0.39 is 5.60 Å². The van der Waals surface area contributed by atoms with Gasteiger partial charge in [0.2, 0.25) is 0 Å². The van der Waals surface area contributed by atoms with Crippen molar-refractivity contribution in [2.24, 2.45) is 0 Å². The second kappa shape index (κ2) is 8.00. The fourth-order valence-corrected chi connectivity index (χ4v) is 2.10. The second-order valence-electron chi connectivity index (χ2n) is 5.69. The number of likely N-dealkylation sites (N-methyl/N-ethyl adjacent to an activating group) is 1. The van der Waals surface area contributed by atoms with Gasteiger partial charge in [-0.1, -0.05) is 24.3 Å². The number of methoxy groups -OCH3 is 1. The molecule has 0 atom stereocenters. The molecule has 1 aromatic rings. The Morgan fingerprint density at radius 1 is 1.33 bits per heavy atom. The summed E-state index contributed by atoms with van der Waals surface area (Å²) in [4.78, 5) is 13.8. The van der Waals surface area contributed by atoms with Crippen LogP contribution in [0, 0.1) is 0 Å². The molecule has 0 radical (unpaired) electrons.